The Labute approximate surface area is 157 Å². The van der Waals surface area contributed by atoms with Gasteiger partial charge in [-0.25, -0.2) is 4.79 Å². The first-order valence-corrected chi connectivity index (χ1v) is 9.03. The van der Waals surface area contributed by atoms with Gasteiger partial charge >= 0.3 is 5.63 Å². The molecule has 0 amide bonds. The van der Waals surface area contributed by atoms with Gasteiger partial charge in [-0.2, -0.15) is 0 Å². The third-order valence-corrected chi connectivity index (χ3v) is 4.78. The number of benzene rings is 3. The molecule has 0 radical (unpaired) electrons. The second-order valence-corrected chi connectivity index (χ2v) is 6.53. The summed E-state index contributed by atoms with van der Waals surface area (Å²) in [6, 6.07) is 21.7. The Hall–Kier alpha value is -3.11. The van der Waals surface area contributed by atoms with Gasteiger partial charge in [0.2, 0.25) is 0 Å². The Bertz CT molecular complexity index is 1130. The van der Waals surface area contributed by atoms with Crippen molar-refractivity contribution in [3.05, 3.63) is 88.3 Å². The van der Waals surface area contributed by atoms with E-state index < -0.39 is 0 Å². The van der Waals surface area contributed by atoms with E-state index in [4.69, 9.17) is 9.15 Å². The summed E-state index contributed by atoms with van der Waals surface area (Å²) in [4.78, 5) is 11.9. The van der Waals surface area contributed by atoms with Crippen molar-refractivity contribution >= 4 is 21.7 Å². The second-order valence-electron chi connectivity index (χ2n) is 6.53. The molecule has 1 aromatic heterocycles. The van der Waals surface area contributed by atoms with Crippen LogP contribution in [0.25, 0.3) is 21.7 Å². The number of hydrogen-bond acceptors (Lipinski definition) is 4. The zero-order chi connectivity index (χ0) is 18.6. The maximum Gasteiger partial charge on any atom is 0.336 e. The summed E-state index contributed by atoms with van der Waals surface area (Å²) < 4.78 is 10.6. The van der Waals surface area contributed by atoms with Gasteiger partial charge in [0.1, 0.15) is 11.3 Å². The number of rotatable bonds is 6. The average Bonchev–Trinajstić information content (AvgIpc) is 2.71. The third kappa shape index (κ3) is 3.71. The van der Waals surface area contributed by atoms with Crippen LogP contribution in [0.3, 0.4) is 0 Å². The maximum atomic E-state index is 11.9. The van der Waals surface area contributed by atoms with Crippen molar-refractivity contribution in [1.82, 2.24) is 5.32 Å². The van der Waals surface area contributed by atoms with Gasteiger partial charge in [0, 0.05) is 18.0 Å². The Morgan fingerprint density at radius 2 is 1.81 bits per heavy atom. The van der Waals surface area contributed by atoms with Gasteiger partial charge in [-0.05, 0) is 53.1 Å². The number of ether oxygens (including phenoxy) is 1. The van der Waals surface area contributed by atoms with E-state index in [1.807, 2.05) is 36.4 Å². The van der Waals surface area contributed by atoms with Crippen molar-refractivity contribution in [3.8, 4) is 5.75 Å². The van der Waals surface area contributed by atoms with Crippen molar-refractivity contribution in [3.63, 3.8) is 0 Å². The van der Waals surface area contributed by atoms with Crippen LogP contribution in [0.2, 0.25) is 0 Å². The molecule has 1 heterocycles. The standard InChI is InChI=1S/C23H21NO3/c1-26-19-9-6-16(7-10-19)12-13-24-15-18-14-22(25)27-21-11-8-17-4-2-3-5-20(17)23(18)21/h2-11,14,24H,12-13,15H2,1H3. The van der Waals surface area contributed by atoms with Gasteiger partial charge in [0.15, 0.2) is 0 Å². The highest BCUT2D eigenvalue weighted by molar-refractivity contribution is 6.07. The fraction of sp³-hybridized carbons (Fsp3) is 0.174. The first-order valence-electron chi connectivity index (χ1n) is 9.03. The Morgan fingerprint density at radius 1 is 1.00 bits per heavy atom. The average molecular weight is 359 g/mol. The van der Waals surface area contributed by atoms with Gasteiger partial charge in [0.25, 0.3) is 0 Å². The van der Waals surface area contributed by atoms with Crippen LogP contribution >= 0.6 is 0 Å². The largest absolute Gasteiger partial charge is 0.497 e. The van der Waals surface area contributed by atoms with Crippen LogP contribution in [0.4, 0.5) is 0 Å². The van der Waals surface area contributed by atoms with E-state index in [-0.39, 0.29) is 5.63 Å². The van der Waals surface area contributed by atoms with Gasteiger partial charge in [-0.15, -0.1) is 0 Å². The lowest BCUT2D eigenvalue weighted by Gasteiger charge is -2.10. The molecule has 0 saturated heterocycles. The van der Waals surface area contributed by atoms with Crippen LogP contribution in [0.15, 0.2) is 75.9 Å². The normalized spacial score (nSPS) is 11.1. The zero-order valence-corrected chi connectivity index (χ0v) is 15.2. The van der Waals surface area contributed by atoms with Crippen LogP contribution in [-0.4, -0.2) is 13.7 Å². The minimum Gasteiger partial charge on any atom is -0.497 e. The summed E-state index contributed by atoms with van der Waals surface area (Å²) in [7, 11) is 1.67. The molecule has 136 valence electrons. The molecular weight excluding hydrogens is 338 g/mol. The van der Waals surface area contributed by atoms with Gasteiger partial charge < -0.3 is 14.5 Å². The van der Waals surface area contributed by atoms with Gasteiger partial charge in [0.05, 0.1) is 7.11 Å². The maximum absolute atomic E-state index is 11.9. The molecule has 4 aromatic rings. The highest BCUT2D eigenvalue weighted by atomic mass is 16.5. The number of fused-ring (bicyclic) bond motifs is 3. The van der Waals surface area contributed by atoms with Crippen molar-refractivity contribution in [1.29, 1.82) is 0 Å². The van der Waals surface area contributed by atoms with Crippen molar-refractivity contribution in [2.45, 2.75) is 13.0 Å². The molecule has 0 unspecified atom stereocenters. The van der Waals surface area contributed by atoms with E-state index in [0.29, 0.717) is 12.1 Å². The molecular formula is C23H21NO3. The van der Waals surface area contributed by atoms with E-state index in [2.05, 4.69) is 29.6 Å². The van der Waals surface area contributed by atoms with E-state index in [0.717, 1.165) is 40.4 Å². The van der Waals surface area contributed by atoms with Crippen LogP contribution in [0, 0.1) is 0 Å². The first kappa shape index (κ1) is 17.3. The summed E-state index contributed by atoms with van der Waals surface area (Å²) in [6.07, 6.45) is 0.907. The Morgan fingerprint density at radius 3 is 2.63 bits per heavy atom. The van der Waals surface area contributed by atoms with E-state index in [1.54, 1.807) is 13.2 Å². The molecule has 27 heavy (non-hydrogen) atoms. The molecule has 3 aromatic carbocycles. The molecule has 0 atom stereocenters. The lowest BCUT2D eigenvalue weighted by Crippen LogP contribution is -2.18. The lowest BCUT2D eigenvalue weighted by atomic mass is 10.0. The molecule has 4 heteroatoms. The lowest BCUT2D eigenvalue weighted by molar-refractivity contribution is 0.414. The quantitative estimate of drug-likeness (QED) is 0.317. The van der Waals surface area contributed by atoms with Gasteiger partial charge in [-0.3, -0.25) is 0 Å². The van der Waals surface area contributed by atoms with Crippen molar-refractivity contribution < 1.29 is 9.15 Å². The first-order chi connectivity index (χ1) is 13.2. The van der Waals surface area contributed by atoms with Crippen LogP contribution < -0.4 is 15.7 Å². The van der Waals surface area contributed by atoms with Crippen molar-refractivity contribution in [2.75, 3.05) is 13.7 Å². The molecule has 0 saturated carbocycles. The summed E-state index contributed by atoms with van der Waals surface area (Å²) in [5, 5.41) is 6.70. The highest BCUT2D eigenvalue weighted by Gasteiger charge is 2.09. The third-order valence-electron chi connectivity index (χ3n) is 4.78. The zero-order valence-electron chi connectivity index (χ0n) is 15.2. The molecule has 0 aliphatic rings. The molecule has 0 spiro atoms. The SMILES string of the molecule is COc1ccc(CCNCc2cc(=O)oc3ccc4ccccc4c23)cc1. The molecule has 0 aliphatic carbocycles. The summed E-state index contributed by atoms with van der Waals surface area (Å²) in [5.74, 6) is 0.862. The van der Waals surface area contributed by atoms with Gasteiger partial charge in [-0.1, -0.05) is 42.5 Å². The smallest absolute Gasteiger partial charge is 0.336 e. The van der Waals surface area contributed by atoms with Crippen LogP contribution in [0.5, 0.6) is 5.75 Å². The highest BCUT2D eigenvalue weighted by Crippen LogP contribution is 2.27. The summed E-state index contributed by atoms with van der Waals surface area (Å²) in [6.45, 7) is 1.44. The predicted molar refractivity (Wildman–Crippen MR) is 108 cm³/mol. The van der Waals surface area contributed by atoms with E-state index >= 15 is 0 Å². The molecule has 1 N–H and O–H groups in total. The summed E-state index contributed by atoms with van der Waals surface area (Å²) >= 11 is 0. The Balaban J connectivity index is 1.54. The predicted octanol–water partition coefficient (Wildman–Crippen LogP) is 4.29. The minimum atomic E-state index is -0.315. The van der Waals surface area contributed by atoms with Crippen molar-refractivity contribution in [2.24, 2.45) is 0 Å². The molecule has 4 nitrogen and oxygen atoms in total. The van der Waals surface area contributed by atoms with E-state index in [1.165, 1.54) is 5.56 Å². The topological polar surface area (TPSA) is 51.5 Å². The number of methoxy groups -OCH3 is 1. The molecule has 4 rings (SSSR count). The minimum absolute atomic E-state index is 0.315. The Kier molecular flexibility index (Phi) is 4.90. The number of hydrogen-bond donors (Lipinski definition) is 1. The van der Waals surface area contributed by atoms with Crippen LogP contribution in [0.1, 0.15) is 11.1 Å². The van der Waals surface area contributed by atoms with E-state index in [9.17, 15) is 4.79 Å². The fourth-order valence-electron chi connectivity index (χ4n) is 3.41. The monoisotopic (exact) mass is 359 g/mol. The molecule has 0 fully saturated rings. The van der Waals surface area contributed by atoms with Crippen LogP contribution in [-0.2, 0) is 13.0 Å². The summed E-state index contributed by atoms with van der Waals surface area (Å²) in [5.41, 5.74) is 2.52. The fourth-order valence-corrected chi connectivity index (χ4v) is 3.41. The molecule has 0 aliphatic heterocycles. The number of nitrogens with one attached hydrogen (secondary N) is 1. The molecule has 0 bridgehead atoms. The second kappa shape index (κ2) is 7.64.